The van der Waals surface area contributed by atoms with Gasteiger partial charge < -0.3 is 5.32 Å². The number of hydrogen-bond donors (Lipinski definition) is 1. The van der Waals surface area contributed by atoms with E-state index in [0.717, 1.165) is 18.1 Å². The number of halogens is 1. The van der Waals surface area contributed by atoms with Crippen LogP contribution in [0.5, 0.6) is 0 Å². The first-order chi connectivity index (χ1) is 7.06. The van der Waals surface area contributed by atoms with Crippen molar-refractivity contribution >= 4 is 11.6 Å². The molecule has 0 saturated carbocycles. The minimum absolute atomic E-state index is 0.166. The molecule has 1 aromatic rings. The zero-order chi connectivity index (χ0) is 11.3. The van der Waals surface area contributed by atoms with Gasteiger partial charge in [-0.1, -0.05) is 44.5 Å². The second-order valence-electron chi connectivity index (χ2n) is 4.57. The molecule has 0 radical (unpaired) electrons. The van der Waals surface area contributed by atoms with Crippen molar-refractivity contribution in [1.29, 1.82) is 0 Å². The molecule has 1 N–H and O–H groups in total. The van der Waals surface area contributed by atoms with Crippen molar-refractivity contribution in [2.75, 3.05) is 13.1 Å². The van der Waals surface area contributed by atoms with Crippen molar-refractivity contribution in [2.24, 2.45) is 0 Å². The fourth-order valence-electron chi connectivity index (χ4n) is 1.58. The first kappa shape index (κ1) is 12.5. The van der Waals surface area contributed by atoms with E-state index in [1.807, 2.05) is 12.1 Å². The highest BCUT2D eigenvalue weighted by atomic mass is 35.5. The Morgan fingerprint density at radius 2 is 1.80 bits per heavy atom. The van der Waals surface area contributed by atoms with Gasteiger partial charge in [0.15, 0.2) is 0 Å². The van der Waals surface area contributed by atoms with Crippen LogP contribution in [-0.2, 0) is 5.41 Å². The molecule has 0 heterocycles. The minimum Gasteiger partial charge on any atom is -0.316 e. The van der Waals surface area contributed by atoms with Crippen LogP contribution in [0.3, 0.4) is 0 Å². The number of benzene rings is 1. The van der Waals surface area contributed by atoms with E-state index < -0.39 is 0 Å². The Morgan fingerprint density at radius 1 is 1.20 bits per heavy atom. The molecule has 1 nitrogen and oxygen atoms in total. The van der Waals surface area contributed by atoms with E-state index in [-0.39, 0.29) is 5.41 Å². The van der Waals surface area contributed by atoms with Gasteiger partial charge in [0.2, 0.25) is 0 Å². The van der Waals surface area contributed by atoms with E-state index in [9.17, 15) is 0 Å². The molecular weight excluding hydrogens is 206 g/mol. The van der Waals surface area contributed by atoms with Gasteiger partial charge in [-0.05, 0) is 30.7 Å². The monoisotopic (exact) mass is 225 g/mol. The van der Waals surface area contributed by atoms with Crippen molar-refractivity contribution in [2.45, 2.75) is 32.6 Å². The van der Waals surface area contributed by atoms with Crippen LogP contribution in [0.1, 0.15) is 32.8 Å². The van der Waals surface area contributed by atoms with E-state index >= 15 is 0 Å². The molecule has 2 heteroatoms. The average Bonchev–Trinajstić information content (AvgIpc) is 2.18. The Labute approximate surface area is 97.8 Å². The summed E-state index contributed by atoms with van der Waals surface area (Å²) in [6.45, 7) is 8.76. The Balaban J connectivity index is 2.63. The van der Waals surface area contributed by atoms with Crippen molar-refractivity contribution in [1.82, 2.24) is 5.32 Å². The van der Waals surface area contributed by atoms with Gasteiger partial charge in [0.05, 0.1) is 0 Å². The molecule has 15 heavy (non-hydrogen) atoms. The summed E-state index contributed by atoms with van der Waals surface area (Å²) >= 11 is 5.87. The van der Waals surface area contributed by atoms with Crippen molar-refractivity contribution < 1.29 is 0 Å². The number of nitrogens with one attached hydrogen (secondary N) is 1. The molecular formula is C13H20ClN. The Kier molecular flexibility index (Phi) is 4.62. The molecule has 0 aliphatic carbocycles. The molecule has 0 amide bonds. The summed E-state index contributed by atoms with van der Waals surface area (Å²) in [4.78, 5) is 0. The van der Waals surface area contributed by atoms with Crippen LogP contribution in [0.15, 0.2) is 24.3 Å². The normalized spacial score (nSPS) is 11.7. The Bertz CT molecular complexity index is 290. The summed E-state index contributed by atoms with van der Waals surface area (Å²) in [7, 11) is 0. The predicted molar refractivity (Wildman–Crippen MR) is 67.6 cm³/mol. The lowest BCUT2D eigenvalue weighted by Crippen LogP contribution is -2.33. The standard InChI is InChI=1S/C13H20ClN/c1-4-9-15-10-13(2,3)11-5-7-12(14)8-6-11/h5-8,15H,4,9-10H2,1-3H3. The van der Waals surface area contributed by atoms with Crippen LogP contribution >= 0.6 is 11.6 Å². The van der Waals surface area contributed by atoms with E-state index in [2.05, 4.69) is 38.2 Å². The van der Waals surface area contributed by atoms with Gasteiger partial charge in [-0.25, -0.2) is 0 Å². The van der Waals surface area contributed by atoms with Gasteiger partial charge in [0, 0.05) is 17.0 Å². The fraction of sp³-hybridized carbons (Fsp3) is 0.538. The van der Waals surface area contributed by atoms with E-state index in [1.165, 1.54) is 12.0 Å². The number of hydrogen-bond acceptors (Lipinski definition) is 1. The van der Waals surface area contributed by atoms with Gasteiger partial charge in [-0.2, -0.15) is 0 Å². The van der Waals surface area contributed by atoms with Gasteiger partial charge in [-0.3, -0.25) is 0 Å². The topological polar surface area (TPSA) is 12.0 Å². The third kappa shape index (κ3) is 3.84. The van der Waals surface area contributed by atoms with Gasteiger partial charge in [0.25, 0.3) is 0 Å². The predicted octanol–water partition coefficient (Wildman–Crippen LogP) is 3.62. The maximum atomic E-state index is 5.87. The van der Waals surface area contributed by atoms with Gasteiger partial charge in [-0.15, -0.1) is 0 Å². The first-order valence-electron chi connectivity index (χ1n) is 5.53. The first-order valence-corrected chi connectivity index (χ1v) is 5.91. The minimum atomic E-state index is 0.166. The molecule has 0 fully saturated rings. The van der Waals surface area contributed by atoms with Gasteiger partial charge in [0.1, 0.15) is 0 Å². The second-order valence-corrected chi connectivity index (χ2v) is 5.00. The largest absolute Gasteiger partial charge is 0.316 e. The molecule has 0 spiro atoms. The molecule has 0 aliphatic heterocycles. The number of rotatable bonds is 5. The molecule has 1 aromatic carbocycles. The summed E-state index contributed by atoms with van der Waals surface area (Å²) in [5.74, 6) is 0. The Hall–Kier alpha value is -0.530. The van der Waals surface area contributed by atoms with Crippen LogP contribution in [0.25, 0.3) is 0 Å². The highest BCUT2D eigenvalue weighted by Crippen LogP contribution is 2.23. The van der Waals surface area contributed by atoms with E-state index in [0.29, 0.717) is 0 Å². The molecule has 0 aliphatic rings. The molecule has 84 valence electrons. The van der Waals surface area contributed by atoms with Crippen LogP contribution in [0.4, 0.5) is 0 Å². The van der Waals surface area contributed by atoms with E-state index in [4.69, 9.17) is 11.6 Å². The summed E-state index contributed by atoms with van der Waals surface area (Å²) in [5.41, 5.74) is 1.50. The molecule has 0 aromatic heterocycles. The zero-order valence-electron chi connectivity index (χ0n) is 9.81. The van der Waals surface area contributed by atoms with Crippen LogP contribution in [0, 0.1) is 0 Å². The zero-order valence-corrected chi connectivity index (χ0v) is 10.6. The molecule has 0 unspecified atom stereocenters. The van der Waals surface area contributed by atoms with Crippen molar-refractivity contribution in [3.05, 3.63) is 34.9 Å². The van der Waals surface area contributed by atoms with Crippen LogP contribution in [0.2, 0.25) is 5.02 Å². The lowest BCUT2D eigenvalue weighted by atomic mass is 9.84. The lowest BCUT2D eigenvalue weighted by Gasteiger charge is -2.25. The summed E-state index contributed by atoms with van der Waals surface area (Å²) in [5, 5.41) is 4.26. The quantitative estimate of drug-likeness (QED) is 0.755. The SMILES string of the molecule is CCCNCC(C)(C)c1ccc(Cl)cc1. The fourth-order valence-corrected chi connectivity index (χ4v) is 1.71. The third-order valence-corrected chi connectivity index (χ3v) is 2.87. The maximum absolute atomic E-state index is 5.87. The molecule has 0 saturated heterocycles. The summed E-state index contributed by atoms with van der Waals surface area (Å²) in [6.07, 6.45) is 1.18. The lowest BCUT2D eigenvalue weighted by molar-refractivity contribution is 0.469. The highest BCUT2D eigenvalue weighted by molar-refractivity contribution is 6.30. The van der Waals surface area contributed by atoms with Crippen molar-refractivity contribution in [3.63, 3.8) is 0 Å². The van der Waals surface area contributed by atoms with Crippen LogP contribution in [-0.4, -0.2) is 13.1 Å². The Morgan fingerprint density at radius 3 is 2.33 bits per heavy atom. The molecule has 0 bridgehead atoms. The summed E-state index contributed by atoms with van der Waals surface area (Å²) < 4.78 is 0. The van der Waals surface area contributed by atoms with Crippen LogP contribution < -0.4 is 5.32 Å². The summed E-state index contributed by atoms with van der Waals surface area (Å²) in [6, 6.07) is 8.13. The van der Waals surface area contributed by atoms with E-state index in [1.54, 1.807) is 0 Å². The molecule has 1 rings (SSSR count). The highest BCUT2D eigenvalue weighted by Gasteiger charge is 2.19. The van der Waals surface area contributed by atoms with Crippen molar-refractivity contribution in [3.8, 4) is 0 Å². The second kappa shape index (κ2) is 5.53. The third-order valence-electron chi connectivity index (χ3n) is 2.62. The molecule has 0 atom stereocenters. The smallest absolute Gasteiger partial charge is 0.0406 e. The maximum Gasteiger partial charge on any atom is 0.0406 e. The average molecular weight is 226 g/mol. The van der Waals surface area contributed by atoms with Gasteiger partial charge >= 0.3 is 0 Å².